The summed E-state index contributed by atoms with van der Waals surface area (Å²) < 4.78 is 31.8. The second kappa shape index (κ2) is 12.8. The van der Waals surface area contributed by atoms with Crippen molar-refractivity contribution in [2.75, 3.05) is 20.1 Å². The molecule has 0 radical (unpaired) electrons. The smallest absolute Gasteiger partial charge is 0.240 e. The minimum atomic E-state index is -3.43. The maximum Gasteiger partial charge on any atom is 0.240 e. The molecule has 0 fully saturated rings. The molecule has 0 aliphatic rings. The maximum atomic E-state index is 11.8. The number of aryl methyl sites for hydroxylation is 1. The van der Waals surface area contributed by atoms with E-state index in [2.05, 4.69) is 20.3 Å². The van der Waals surface area contributed by atoms with Gasteiger partial charge in [-0.05, 0) is 63.2 Å². The molecular weight excluding hydrogens is 515 g/mol. The van der Waals surface area contributed by atoms with Crippen molar-refractivity contribution in [3.8, 4) is 5.75 Å². The molecule has 2 rings (SSSR count). The predicted molar refractivity (Wildman–Crippen MR) is 132 cm³/mol. The number of nitrogens with one attached hydrogen (secondary N) is 3. The Morgan fingerprint density at radius 3 is 2.43 bits per heavy atom. The molecule has 2 aromatic carbocycles. The fourth-order valence-corrected chi connectivity index (χ4v) is 3.34. The fraction of sp³-hybridized carbons (Fsp3) is 0.381. The van der Waals surface area contributed by atoms with Crippen LogP contribution in [0.3, 0.4) is 0 Å². The number of hydrogen-bond donors (Lipinski definition) is 3. The van der Waals surface area contributed by atoms with Crippen LogP contribution < -0.4 is 20.1 Å². The molecular formula is C21H31IN4O3S. The summed E-state index contributed by atoms with van der Waals surface area (Å²) in [5, 5.41) is 6.48. The van der Waals surface area contributed by atoms with E-state index < -0.39 is 10.0 Å². The highest BCUT2D eigenvalue weighted by molar-refractivity contribution is 14.0. The Labute approximate surface area is 196 Å². The Bertz CT molecular complexity index is 918. The molecule has 0 amide bonds. The number of rotatable bonds is 9. The third-order valence-corrected chi connectivity index (χ3v) is 5.58. The molecule has 0 aliphatic carbocycles. The Balaban J connectivity index is 0.00000450. The quantitative estimate of drug-likeness (QED) is 0.256. The van der Waals surface area contributed by atoms with Crippen LogP contribution in [0.25, 0.3) is 0 Å². The number of ether oxygens (including phenoxy) is 1. The summed E-state index contributed by atoms with van der Waals surface area (Å²) in [4.78, 5) is 4.80. The van der Waals surface area contributed by atoms with Crippen LogP contribution in [0, 0.1) is 6.92 Å². The van der Waals surface area contributed by atoms with Gasteiger partial charge in [0.25, 0.3) is 0 Å². The molecule has 3 N–H and O–H groups in total. The summed E-state index contributed by atoms with van der Waals surface area (Å²) in [6, 6.07) is 14.6. The second-order valence-corrected chi connectivity index (χ2v) is 8.56. The number of halogens is 1. The number of aliphatic imine (C=N–C) groups is 1. The van der Waals surface area contributed by atoms with E-state index >= 15 is 0 Å². The van der Waals surface area contributed by atoms with Gasteiger partial charge in [0, 0.05) is 6.54 Å². The minimum absolute atomic E-state index is 0. The van der Waals surface area contributed by atoms with Gasteiger partial charge in [0.2, 0.25) is 10.0 Å². The van der Waals surface area contributed by atoms with Crippen LogP contribution in [-0.2, 0) is 16.6 Å². The summed E-state index contributed by atoms with van der Waals surface area (Å²) in [5.41, 5.74) is 2.08. The van der Waals surface area contributed by atoms with Crippen molar-refractivity contribution in [1.29, 1.82) is 0 Å². The highest BCUT2D eigenvalue weighted by atomic mass is 127. The van der Waals surface area contributed by atoms with Gasteiger partial charge in [-0.15, -0.1) is 24.0 Å². The maximum absolute atomic E-state index is 11.8. The summed E-state index contributed by atoms with van der Waals surface area (Å²) >= 11 is 0. The first-order valence-corrected chi connectivity index (χ1v) is 11.1. The molecule has 0 heterocycles. The van der Waals surface area contributed by atoms with E-state index in [0.29, 0.717) is 19.0 Å². The first-order chi connectivity index (χ1) is 13.8. The van der Waals surface area contributed by atoms with Crippen LogP contribution in [0.2, 0.25) is 0 Å². The molecule has 0 aromatic heterocycles. The van der Waals surface area contributed by atoms with Crippen molar-refractivity contribution < 1.29 is 13.2 Å². The molecule has 7 nitrogen and oxygen atoms in total. The van der Waals surface area contributed by atoms with Crippen molar-refractivity contribution >= 4 is 40.0 Å². The van der Waals surface area contributed by atoms with Gasteiger partial charge in [-0.25, -0.2) is 18.1 Å². The zero-order chi connectivity index (χ0) is 21.3. The Kier molecular flexibility index (Phi) is 11.1. The van der Waals surface area contributed by atoms with Crippen LogP contribution >= 0.6 is 24.0 Å². The first-order valence-electron chi connectivity index (χ1n) is 9.62. The van der Waals surface area contributed by atoms with Gasteiger partial charge in [0.05, 0.1) is 18.0 Å². The predicted octanol–water partition coefficient (Wildman–Crippen LogP) is 3.04. The van der Waals surface area contributed by atoms with Gasteiger partial charge in [0.1, 0.15) is 11.9 Å². The first kappa shape index (κ1) is 26.2. The number of guanidine groups is 1. The van der Waals surface area contributed by atoms with Crippen molar-refractivity contribution in [1.82, 2.24) is 15.4 Å². The molecule has 2 aromatic rings. The fourth-order valence-electron chi connectivity index (χ4n) is 2.61. The molecule has 0 saturated carbocycles. The van der Waals surface area contributed by atoms with Crippen molar-refractivity contribution in [3.05, 3.63) is 59.7 Å². The van der Waals surface area contributed by atoms with E-state index in [1.807, 2.05) is 45.0 Å². The molecule has 30 heavy (non-hydrogen) atoms. The Hall–Kier alpha value is -1.85. The van der Waals surface area contributed by atoms with Crippen LogP contribution in [0.1, 0.15) is 25.0 Å². The van der Waals surface area contributed by atoms with Gasteiger partial charge in [-0.1, -0.05) is 24.3 Å². The van der Waals surface area contributed by atoms with Gasteiger partial charge >= 0.3 is 0 Å². The van der Waals surface area contributed by atoms with Crippen LogP contribution in [0.15, 0.2) is 58.4 Å². The van der Waals surface area contributed by atoms with Crippen LogP contribution in [-0.4, -0.2) is 40.6 Å². The number of benzene rings is 2. The molecule has 1 atom stereocenters. The van der Waals surface area contributed by atoms with Crippen molar-refractivity contribution in [2.45, 2.75) is 38.3 Å². The number of hydrogen-bond acceptors (Lipinski definition) is 4. The van der Waals surface area contributed by atoms with E-state index in [-0.39, 0.29) is 35.0 Å². The van der Waals surface area contributed by atoms with E-state index in [9.17, 15) is 8.42 Å². The van der Waals surface area contributed by atoms with Crippen molar-refractivity contribution in [2.24, 2.45) is 4.99 Å². The van der Waals surface area contributed by atoms with E-state index in [1.54, 1.807) is 24.3 Å². The van der Waals surface area contributed by atoms with E-state index in [4.69, 9.17) is 4.74 Å². The highest BCUT2D eigenvalue weighted by Crippen LogP contribution is 2.14. The average molecular weight is 546 g/mol. The Morgan fingerprint density at radius 1 is 1.13 bits per heavy atom. The second-order valence-electron chi connectivity index (χ2n) is 6.67. The molecule has 9 heteroatoms. The lowest BCUT2D eigenvalue weighted by Crippen LogP contribution is -2.41. The Morgan fingerprint density at radius 2 is 1.83 bits per heavy atom. The number of nitrogens with zero attached hydrogens (tertiary/aromatic N) is 1. The standard InChI is InChI=1S/C21H30N4O3S.HI/c1-5-23-21(24-14-17(3)28-19-8-6-7-16(2)13-19)25-15-18-9-11-20(12-10-18)29(26,27)22-4;/h6-13,17,22H,5,14-15H2,1-4H3,(H2,23,24,25);1H. The zero-order valence-electron chi connectivity index (χ0n) is 17.8. The lowest BCUT2D eigenvalue weighted by atomic mass is 10.2. The van der Waals surface area contributed by atoms with Crippen LogP contribution in [0.4, 0.5) is 0 Å². The molecule has 1 unspecified atom stereocenters. The summed E-state index contributed by atoms with van der Waals surface area (Å²) in [7, 11) is -2.03. The molecule has 166 valence electrons. The number of sulfonamides is 1. The lowest BCUT2D eigenvalue weighted by Gasteiger charge is -2.18. The molecule has 0 aliphatic heterocycles. The van der Waals surface area contributed by atoms with E-state index in [0.717, 1.165) is 23.4 Å². The summed E-state index contributed by atoms with van der Waals surface area (Å²) in [5.74, 6) is 1.52. The molecule has 0 spiro atoms. The monoisotopic (exact) mass is 546 g/mol. The third-order valence-electron chi connectivity index (χ3n) is 4.15. The lowest BCUT2D eigenvalue weighted by molar-refractivity contribution is 0.223. The van der Waals surface area contributed by atoms with Gasteiger partial charge in [0.15, 0.2) is 5.96 Å². The largest absolute Gasteiger partial charge is 0.489 e. The van der Waals surface area contributed by atoms with E-state index in [1.165, 1.54) is 7.05 Å². The van der Waals surface area contributed by atoms with Gasteiger partial charge < -0.3 is 15.4 Å². The highest BCUT2D eigenvalue weighted by Gasteiger charge is 2.10. The third kappa shape index (κ3) is 8.49. The average Bonchev–Trinajstić information content (AvgIpc) is 2.70. The van der Waals surface area contributed by atoms with Gasteiger partial charge in [-0.2, -0.15) is 0 Å². The molecule has 0 bridgehead atoms. The SMILES string of the molecule is CCNC(=NCc1ccc(S(=O)(=O)NC)cc1)NCC(C)Oc1cccc(C)c1.I. The molecule has 0 saturated heterocycles. The topological polar surface area (TPSA) is 91.8 Å². The van der Waals surface area contributed by atoms with Crippen molar-refractivity contribution in [3.63, 3.8) is 0 Å². The summed E-state index contributed by atoms with van der Waals surface area (Å²) in [6.07, 6.45) is -0.0355. The zero-order valence-corrected chi connectivity index (χ0v) is 21.0. The minimum Gasteiger partial charge on any atom is -0.489 e. The van der Waals surface area contributed by atoms with Gasteiger partial charge in [-0.3, -0.25) is 0 Å². The van der Waals surface area contributed by atoms with Crippen LogP contribution in [0.5, 0.6) is 5.75 Å². The normalized spacial score (nSPS) is 12.6. The summed E-state index contributed by atoms with van der Waals surface area (Å²) in [6.45, 7) is 7.80.